The highest BCUT2D eigenvalue weighted by Gasteiger charge is 2.13. The highest BCUT2D eigenvalue weighted by molar-refractivity contribution is 5.28. The van der Waals surface area contributed by atoms with Gasteiger partial charge < -0.3 is 5.32 Å². The monoisotopic (exact) mass is 293 g/mol. The number of likely N-dealkylation sites (N-methyl/N-ethyl adjacent to an activating group) is 1. The van der Waals surface area contributed by atoms with Crippen LogP contribution in [-0.2, 0) is 12.8 Å². The van der Waals surface area contributed by atoms with Gasteiger partial charge >= 0.3 is 0 Å². The fourth-order valence-corrected chi connectivity index (χ4v) is 2.35. The molecule has 0 amide bonds. The Morgan fingerprint density at radius 2 is 1.52 bits per heavy atom. The predicted octanol–water partition coefficient (Wildman–Crippen LogP) is 3.79. The molecular formula is C17H18F3N. The van der Waals surface area contributed by atoms with Crippen LogP contribution in [0, 0.1) is 24.4 Å². The van der Waals surface area contributed by atoms with E-state index in [1.54, 1.807) is 13.1 Å². The number of aryl methyl sites for hydroxylation is 1. The lowest BCUT2D eigenvalue weighted by molar-refractivity contribution is 0.522. The molecule has 112 valence electrons. The molecule has 0 bridgehead atoms. The Bertz CT molecular complexity index is 625. The average Bonchev–Trinajstić information content (AvgIpc) is 2.44. The second-order valence-corrected chi connectivity index (χ2v) is 5.20. The van der Waals surface area contributed by atoms with E-state index in [2.05, 4.69) is 5.32 Å². The van der Waals surface area contributed by atoms with Crippen molar-refractivity contribution in [3.63, 3.8) is 0 Å². The van der Waals surface area contributed by atoms with E-state index in [1.807, 2.05) is 6.92 Å². The summed E-state index contributed by atoms with van der Waals surface area (Å²) in [5, 5.41) is 3.10. The molecule has 0 aliphatic rings. The highest BCUT2D eigenvalue weighted by atomic mass is 19.1. The zero-order chi connectivity index (χ0) is 15.4. The smallest absolute Gasteiger partial charge is 0.129 e. The van der Waals surface area contributed by atoms with Gasteiger partial charge in [0.1, 0.15) is 17.5 Å². The fraction of sp³-hybridized carbons (Fsp3) is 0.294. The molecule has 0 heterocycles. The molecule has 0 aliphatic carbocycles. The van der Waals surface area contributed by atoms with Gasteiger partial charge in [0.25, 0.3) is 0 Å². The normalized spacial score (nSPS) is 12.4. The minimum atomic E-state index is -0.585. The summed E-state index contributed by atoms with van der Waals surface area (Å²) in [6.07, 6.45) is 0.996. The van der Waals surface area contributed by atoms with Crippen LogP contribution in [0.1, 0.15) is 16.7 Å². The van der Waals surface area contributed by atoms with Gasteiger partial charge in [-0.05, 0) is 61.7 Å². The van der Waals surface area contributed by atoms with Gasteiger partial charge in [0.05, 0.1) is 0 Å². The molecule has 0 radical (unpaired) electrons. The van der Waals surface area contributed by atoms with Crippen LogP contribution >= 0.6 is 0 Å². The van der Waals surface area contributed by atoms with Crippen LogP contribution in [-0.4, -0.2) is 13.1 Å². The van der Waals surface area contributed by atoms with Crippen molar-refractivity contribution >= 4 is 0 Å². The van der Waals surface area contributed by atoms with E-state index in [9.17, 15) is 13.2 Å². The molecule has 0 saturated carbocycles. The van der Waals surface area contributed by atoms with Gasteiger partial charge in [-0.25, -0.2) is 13.2 Å². The molecule has 2 aromatic rings. The summed E-state index contributed by atoms with van der Waals surface area (Å²) >= 11 is 0. The zero-order valence-electron chi connectivity index (χ0n) is 12.1. The Morgan fingerprint density at radius 1 is 0.905 bits per heavy atom. The van der Waals surface area contributed by atoms with Gasteiger partial charge in [-0.15, -0.1) is 0 Å². The maximum atomic E-state index is 13.7. The molecule has 2 rings (SSSR count). The maximum absolute atomic E-state index is 13.7. The summed E-state index contributed by atoms with van der Waals surface area (Å²) in [5.41, 5.74) is 2.33. The third-order valence-electron chi connectivity index (χ3n) is 3.67. The molecular weight excluding hydrogens is 275 g/mol. The lowest BCUT2D eigenvalue weighted by Crippen LogP contribution is -2.30. The summed E-state index contributed by atoms with van der Waals surface area (Å²) in [5.74, 6) is -1.41. The Balaban J connectivity index is 2.14. The SMILES string of the molecule is CNC(Cc1cc(F)ccc1C)Cc1ccc(F)cc1F. The molecule has 0 aromatic heterocycles. The van der Waals surface area contributed by atoms with Gasteiger partial charge in [-0.3, -0.25) is 0 Å². The van der Waals surface area contributed by atoms with E-state index < -0.39 is 11.6 Å². The summed E-state index contributed by atoms with van der Waals surface area (Å²) in [4.78, 5) is 0. The van der Waals surface area contributed by atoms with E-state index in [1.165, 1.54) is 24.3 Å². The molecule has 1 nitrogen and oxygen atoms in total. The summed E-state index contributed by atoms with van der Waals surface area (Å²) < 4.78 is 39.9. The topological polar surface area (TPSA) is 12.0 Å². The Kier molecular flexibility index (Phi) is 5.02. The summed E-state index contributed by atoms with van der Waals surface area (Å²) in [6, 6.07) is 8.19. The molecule has 0 aliphatic heterocycles. The van der Waals surface area contributed by atoms with Gasteiger partial charge in [0.2, 0.25) is 0 Å². The molecule has 1 unspecified atom stereocenters. The van der Waals surface area contributed by atoms with Crippen molar-refractivity contribution in [3.05, 3.63) is 70.5 Å². The first kappa shape index (κ1) is 15.6. The predicted molar refractivity (Wildman–Crippen MR) is 77.8 cm³/mol. The molecule has 4 heteroatoms. The van der Waals surface area contributed by atoms with E-state index in [-0.39, 0.29) is 11.9 Å². The van der Waals surface area contributed by atoms with Gasteiger partial charge in [-0.2, -0.15) is 0 Å². The molecule has 1 N–H and O–H groups in total. The Labute approximate surface area is 122 Å². The fourth-order valence-electron chi connectivity index (χ4n) is 2.35. The van der Waals surface area contributed by atoms with Crippen LogP contribution in [0.2, 0.25) is 0 Å². The van der Waals surface area contributed by atoms with Crippen molar-refractivity contribution in [1.29, 1.82) is 0 Å². The molecule has 0 fully saturated rings. The van der Waals surface area contributed by atoms with Gasteiger partial charge in [-0.1, -0.05) is 12.1 Å². The second kappa shape index (κ2) is 6.76. The van der Waals surface area contributed by atoms with Crippen LogP contribution in [0.25, 0.3) is 0 Å². The highest BCUT2D eigenvalue weighted by Crippen LogP contribution is 2.16. The van der Waals surface area contributed by atoms with Crippen LogP contribution in [0.4, 0.5) is 13.2 Å². The van der Waals surface area contributed by atoms with Crippen LogP contribution in [0.5, 0.6) is 0 Å². The first-order valence-electron chi connectivity index (χ1n) is 6.86. The Morgan fingerprint density at radius 3 is 2.19 bits per heavy atom. The first-order valence-corrected chi connectivity index (χ1v) is 6.86. The van der Waals surface area contributed by atoms with Crippen molar-refractivity contribution in [3.8, 4) is 0 Å². The molecule has 0 saturated heterocycles. The third-order valence-corrected chi connectivity index (χ3v) is 3.67. The summed E-state index contributed by atoms with van der Waals surface area (Å²) in [6.45, 7) is 1.92. The number of hydrogen-bond donors (Lipinski definition) is 1. The minimum absolute atomic E-state index is 0.0505. The number of rotatable bonds is 5. The van der Waals surface area contributed by atoms with Crippen LogP contribution < -0.4 is 5.32 Å². The number of nitrogens with one attached hydrogen (secondary N) is 1. The second-order valence-electron chi connectivity index (χ2n) is 5.20. The van der Waals surface area contributed by atoms with E-state index in [0.29, 0.717) is 18.4 Å². The molecule has 2 aromatic carbocycles. The third kappa shape index (κ3) is 4.08. The minimum Gasteiger partial charge on any atom is -0.316 e. The lowest BCUT2D eigenvalue weighted by atomic mass is 9.96. The van der Waals surface area contributed by atoms with Gasteiger partial charge in [0, 0.05) is 12.1 Å². The first-order chi connectivity index (χ1) is 9.99. The van der Waals surface area contributed by atoms with Crippen molar-refractivity contribution in [2.24, 2.45) is 0 Å². The van der Waals surface area contributed by atoms with Crippen molar-refractivity contribution in [2.45, 2.75) is 25.8 Å². The molecule has 0 spiro atoms. The van der Waals surface area contributed by atoms with Crippen molar-refractivity contribution in [1.82, 2.24) is 5.32 Å². The van der Waals surface area contributed by atoms with Crippen molar-refractivity contribution in [2.75, 3.05) is 7.05 Å². The quantitative estimate of drug-likeness (QED) is 0.884. The zero-order valence-corrected chi connectivity index (χ0v) is 12.1. The largest absolute Gasteiger partial charge is 0.316 e. The Hall–Kier alpha value is -1.81. The van der Waals surface area contributed by atoms with Crippen molar-refractivity contribution < 1.29 is 13.2 Å². The average molecular weight is 293 g/mol. The van der Waals surface area contributed by atoms with Crippen LogP contribution in [0.15, 0.2) is 36.4 Å². The van der Waals surface area contributed by atoms with E-state index in [4.69, 9.17) is 0 Å². The van der Waals surface area contributed by atoms with Crippen LogP contribution in [0.3, 0.4) is 0 Å². The molecule has 1 atom stereocenters. The van der Waals surface area contributed by atoms with E-state index in [0.717, 1.165) is 17.2 Å². The number of halogens is 3. The van der Waals surface area contributed by atoms with E-state index >= 15 is 0 Å². The summed E-state index contributed by atoms with van der Waals surface area (Å²) in [7, 11) is 1.78. The number of benzene rings is 2. The lowest BCUT2D eigenvalue weighted by Gasteiger charge is -2.18. The standard InChI is InChI=1S/C17H18F3N/c1-11-3-5-14(18)7-13(11)9-16(21-2)8-12-4-6-15(19)10-17(12)20/h3-7,10,16,21H,8-9H2,1-2H3. The maximum Gasteiger partial charge on any atom is 0.129 e. The number of hydrogen-bond acceptors (Lipinski definition) is 1. The van der Waals surface area contributed by atoms with Gasteiger partial charge in [0.15, 0.2) is 0 Å². The molecule has 21 heavy (non-hydrogen) atoms.